The predicted octanol–water partition coefficient (Wildman–Crippen LogP) is 4.76. The molecule has 1 aliphatic carbocycles. The summed E-state index contributed by atoms with van der Waals surface area (Å²) >= 11 is 0. The monoisotopic (exact) mass is 294 g/mol. The summed E-state index contributed by atoms with van der Waals surface area (Å²) < 4.78 is 67.1. The van der Waals surface area contributed by atoms with Gasteiger partial charge in [0.05, 0.1) is 0 Å². The van der Waals surface area contributed by atoms with E-state index in [-0.39, 0.29) is 5.92 Å². The lowest BCUT2D eigenvalue weighted by Crippen LogP contribution is -2.19. The van der Waals surface area contributed by atoms with Crippen LogP contribution in [0.15, 0.2) is 18.2 Å². The molecule has 0 radical (unpaired) electrons. The maximum Gasteiger partial charge on any atom is 0.422 e. The molecule has 0 amide bonds. The van der Waals surface area contributed by atoms with Crippen LogP contribution in [0.1, 0.15) is 37.2 Å². The second kappa shape index (κ2) is 5.97. The van der Waals surface area contributed by atoms with E-state index in [1.807, 2.05) is 0 Å². The quantitative estimate of drug-likeness (QED) is 0.730. The number of rotatable bonds is 3. The Hall–Kier alpha value is -1.33. The normalized spacial score (nSPS) is 23.6. The van der Waals surface area contributed by atoms with Gasteiger partial charge in [0.2, 0.25) is 0 Å². The minimum Gasteiger partial charge on any atom is -0.481 e. The fourth-order valence-electron chi connectivity index (χ4n) is 2.43. The fourth-order valence-corrected chi connectivity index (χ4v) is 2.43. The van der Waals surface area contributed by atoms with Gasteiger partial charge in [0.25, 0.3) is 0 Å². The van der Waals surface area contributed by atoms with Gasteiger partial charge in [-0.15, -0.1) is 0 Å². The Kier molecular flexibility index (Phi) is 4.50. The van der Waals surface area contributed by atoms with Crippen LogP contribution in [0.25, 0.3) is 0 Å². The van der Waals surface area contributed by atoms with Crippen molar-refractivity contribution in [2.24, 2.45) is 0 Å². The van der Waals surface area contributed by atoms with Crippen LogP contribution in [-0.2, 0) is 0 Å². The van der Waals surface area contributed by atoms with Crippen LogP contribution < -0.4 is 4.74 Å². The van der Waals surface area contributed by atoms with Crippen molar-refractivity contribution in [3.63, 3.8) is 0 Å². The number of hydrogen-bond acceptors (Lipinski definition) is 1. The fraction of sp³-hybridized carbons (Fsp3) is 0.571. The minimum absolute atomic E-state index is 0.0631. The SMILES string of the molecule is Fc1cc(C2CCC(F)CC2)ccc1OCC(F)(F)F. The Morgan fingerprint density at radius 2 is 1.75 bits per heavy atom. The standard InChI is InChI=1S/C14H15F5O/c15-11-4-1-9(2-5-11)10-3-6-13(12(16)7-10)20-8-14(17,18)19/h3,6-7,9,11H,1-2,4-5,8H2. The molecule has 0 heterocycles. The summed E-state index contributed by atoms with van der Waals surface area (Å²) in [4.78, 5) is 0. The molecule has 1 fully saturated rings. The molecule has 20 heavy (non-hydrogen) atoms. The van der Waals surface area contributed by atoms with Gasteiger partial charge in [-0.25, -0.2) is 8.78 Å². The summed E-state index contributed by atoms with van der Waals surface area (Å²) in [6.45, 7) is -1.52. The van der Waals surface area contributed by atoms with Gasteiger partial charge in [0.1, 0.15) is 6.17 Å². The van der Waals surface area contributed by atoms with E-state index >= 15 is 0 Å². The molecule has 0 spiro atoms. The van der Waals surface area contributed by atoms with Crippen molar-refractivity contribution in [2.75, 3.05) is 6.61 Å². The summed E-state index contributed by atoms with van der Waals surface area (Å²) in [5.74, 6) is -1.16. The highest BCUT2D eigenvalue weighted by Gasteiger charge is 2.29. The summed E-state index contributed by atoms with van der Waals surface area (Å²) in [6.07, 6.45) is -3.15. The number of hydrogen-bond donors (Lipinski definition) is 0. The van der Waals surface area contributed by atoms with E-state index in [1.54, 1.807) is 6.07 Å². The molecule has 6 heteroatoms. The van der Waals surface area contributed by atoms with Crippen LogP contribution in [-0.4, -0.2) is 19.0 Å². The average molecular weight is 294 g/mol. The molecule has 0 atom stereocenters. The Bertz CT molecular complexity index is 449. The molecule has 1 aromatic carbocycles. The Morgan fingerprint density at radius 3 is 2.30 bits per heavy atom. The van der Waals surface area contributed by atoms with Crippen molar-refractivity contribution >= 4 is 0 Å². The van der Waals surface area contributed by atoms with E-state index in [4.69, 9.17) is 0 Å². The first kappa shape index (κ1) is 15.1. The smallest absolute Gasteiger partial charge is 0.422 e. The number of ether oxygens (including phenoxy) is 1. The van der Waals surface area contributed by atoms with E-state index in [0.717, 1.165) is 0 Å². The van der Waals surface area contributed by atoms with Crippen LogP contribution >= 0.6 is 0 Å². The van der Waals surface area contributed by atoms with Crippen molar-refractivity contribution in [2.45, 2.75) is 43.9 Å². The molecule has 0 unspecified atom stereocenters. The van der Waals surface area contributed by atoms with E-state index in [9.17, 15) is 22.0 Å². The van der Waals surface area contributed by atoms with Gasteiger partial charge in [-0.1, -0.05) is 6.07 Å². The van der Waals surface area contributed by atoms with Gasteiger partial charge in [-0.2, -0.15) is 13.2 Å². The third kappa shape index (κ3) is 4.08. The summed E-state index contributed by atoms with van der Waals surface area (Å²) in [5.41, 5.74) is 0.689. The molecule has 0 N–H and O–H groups in total. The lowest BCUT2D eigenvalue weighted by Gasteiger charge is -2.24. The Balaban J connectivity index is 2.02. The summed E-state index contributed by atoms with van der Waals surface area (Å²) in [6, 6.07) is 3.95. The van der Waals surface area contributed by atoms with Crippen molar-refractivity contribution in [3.8, 4) is 5.75 Å². The van der Waals surface area contributed by atoms with Crippen molar-refractivity contribution in [1.29, 1.82) is 0 Å². The van der Waals surface area contributed by atoms with Gasteiger partial charge < -0.3 is 4.74 Å². The highest BCUT2D eigenvalue weighted by atomic mass is 19.4. The molecule has 2 rings (SSSR count). The molecule has 0 bridgehead atoms. The molecular formula is C14H15F5O. The molecule has 0 aliphatic heterocycles. The third-order valence-electron chi connectivity index (χ3n) is 3.48. The number of benzene rings is 1. The van der Waals surface area contributed by atoms with E-state index in [0.29, 0.717) is 31.2 Å². The predicted molar refractivity (Wildman–Crippen MR) is 64.1 cm³/mol. The van der Waals surface area contributed by atoms with Gasteiger partial charge >= 0.3 is 6.18 Å². The maximum atomic E-state index is 13.7. The van der Waals surface area contributed by atoms with Crippen LogP contribution in [0.2, 0.25) is 0 Å². The van der Waals surface area contributed by atoms with Gasteiger partial charge in [0.15, 0.2) is 18.2 Å². The highest BCUT2D eigenvalue weighted by Crippen LogP contribution is 2.35. The molecular weight excluding hydrogens is 279 g/mol. The van der Waals surface area contributed by atoms with E-state index in [1.165, 1.54) is 12.1 Å². The first-order chi connectivity index (χ1) is 9.35. The largest absolute Gasteiger partial charge is 0.481 e. The first-order valence-corrected chi connectivity index (χ1v) is 6.48. The van der Waals surface area contributed by atoms with Crippen LogP contribution in [0, 0.1) is 5.82 Å². The zero-order valence-electron chi connectivity index (χ0n) is 10.7. The van der Waals surface area contributed by atoms with Crippen LogP contribution in [0.3, 0.4) is 0 Å². The molecule has 1 aliphatic rings. The zero-order chi connectivity index (χ0) is 14.8. The lowest BCUT2D eigenvalue weighted by molar-refractivity contribution is -0.153. The van der Waals surface area contributed by atoms with E-state index in [2.05, 4.69) is 4.74 Å². The topological polar surface area (TPSA) is 9.23 Å². The second-order valence-corrected chi connectivity index (χ2v) is 5.04. The van der Waals surface area contributed by atoms with E-state index < -0.39 is 30.5 Å². The van der Waals surface area contributed by atoms with Crippen molar-refractivity contribution in [3.05, 3.63) is 29.6 Å². The maximum absolute atomic E-state index is 13.7. The second-order valence-electron chi connectivity index (χ2n) is 5.04. The molecule has 1 saturated carbocycles. The van der Waals surface area contributed by atoms with Gasteiger partial charge in [-0.05, 0) is 49.3 Å². The average Bonchev–Trinajstić information content (AvgIpc) is 2.37. The molecule has 1 aromatic rings. The summed E-state index contributed by atoms with van der Waals surface area (Å²) in [5, 5.41) is 0. The third-order valence-corrected chi connectivity index (χ3v) is 3.48. The van der Waals surface area contributed by atoms with Gasteiger partial charge in [-0.3, -0.25) is 0 Å². The molecule has 1 nitrogen and oxygen atoms in total. The van der Waals surface area contributed by atoms with Crippen LogP contribution in [0.5, 0.6) is 5.75 Å². The highest BCUT2D eigenvalue weighted by molar-refractivity contribution is 5.31. The Morgan fingerprint density at radius 1 is 1.10 bits per heavy atom. The Labute approximate surface area is 113 Å². The van der Waals surface area contributed by atoms with Crippen LogP contribution in [0.4, 0.5) is 22.0 Å². The number of halogens is 5. The van der Waals surface area contributed by atoms with Gasteiger partial charge in [0, 0.05) is 0 Å². The molecule has 0 saturated heterocycles. The molecule has 112 valence electrons. The summed E-state index contributed by atoms with van der Waals surface area (Å²) in [7, 11) is 0. The molecule has 0 aromatic heterocycles. The first-order valence-electron chi connectivity index (χ1n) is 6.48. The minimum atomic E-state index is -4.50. The lowest BCUT2D eigenvalue weighted by atomic mass is 9.83. The van der Waals surface area contributed by atoms with Crippen molar-refractivity contribution in [1.82, 2.24) is 0 Å². The zero-order valence-corrected chi connectivity index (χ0v) is 10.7. The number of alkyl halides is 4. The van der Waals surface area contributed by atoms with Crippen molar-refractivity contribution < 1.29 is 26.7 Å².